The van der Waals surface area contributed by atoms with Gasteiger partial charge in [-0.3, -0.25) is 4.79 Å². The number of carbonyl (C=O) groups is 3. The summed E-state index contributed by atoms with van der Waals surface area (Å²) >= 11 is 0. The van der Waals surface area contributed by atoms with Crippen molar-refractivity contribution in [3.05, 3.63) is 0 Å². The molecular formula is C10H16N2O6. The summed E-state index contributed by atoms with van der Waals surface area (Å²) in [6, 6.07) is -0.449. The molecule has 1 N–H and O–H groups in total. The zero-order valence-corrected chi connectivity index (χ0v) is 10.3. The normalized spacial score (nSPS) is 19.2. The first-order valence-electron chi connectivity index (χ1n) is 5.37. The molecule has 1 saturated heterocycles. The highest BCUT2D eigenvalue weighted by atomic mass is 16.6. The standard InChI is InChI=1S/C10H16N2O6/c1-11(6-8(13)14)10(16)12-3-4-18-7(5-12)9(15)17-2/h7H,3-6H2,1-2H3,(H,13,14). The number of carboxylic acids is 1. The van der Waals surface area contributed by atoms with E-state index in [-0.39, 0.29) is 19.7 Å². The highest BCUT2D eigenvalue weighted by Gasteiger charge is 2.31. The molecule has 1 rings (SSSR count). The topological polar surface area (TPSA) is 96.4 Å². The van der Waals surface area contributed by atoms with Gasteiger partial charge in [0.05, 0.1) is 20.3 Å². The molecule has 0 aromatic carbocycles. The van der Waals surface area contributed by atoms with Gasteiger partial charge < -0.3 is 24.4 Å². The van der Waals surface area contributed by atoms with Crippen molar-refractivity contribution in [3.8, 4) is 0 Å². The molecule has 1 aliphatic heterocycles. The first kappa shape index (κ1) is 14.2. The molecule has 8 nitrogen and oxygen atoms in total. The van der Waals surface area contributed by atoms with Crippen LogP contribution in [0.2, 0.25) is 0 Å². The second-order valence-corrected chi connectivity index (χ2v) is 3.86. The smallest absolute Gasteiger partial charge is 0.336 e. The van der Waals surface area contributed by atoms with Crippen molar-refractivity contribution in [1.29, 1.82) is 0 Å². The fourth-order valence-corrected chi connectivity index (χ4v) is 1.61. The second-order valence-electron chi connectivity index (χ2n) is 3.86. The predicted octanol–water partition coefficient (Wildman–Crippen LogP) is -1.00. The van der Waals surface area contributed by atoms with Crippen LogP contribution in [0.15, 0.2) is 0 Å². The lowest BCUT2D eigenvalue weighted by atomic mass is 10.3. The molecule has 0 spiro atoms. The fourth-order valence-electron chi connectivity index (χ4n) is 1.61. The number of likely N-dealkylation sites (N-methyl/N-ethyl adjacent to an activating group) is 1. The van der Waals surface area contributed by atoms with Gasteiger partial charge in [-0.1, -0.05) is 0 Å². The van der Waals surface area contributed by atoms with Gasteiger partial charge in [0.1, 0.15) is 6.54 Å². The third kappa shape index (κ3) is 3.59. The third-order valence-corrected chi connectivity index (χ3v) is 2.50. The minimum atomic E-state index is -1.09. The molecule has 102 valence electrons. The molecule has 0 radical (unpaired) electrons. The average molecular weight is 260 g/mol. The van der Waals surface area contributed by atoms with Gasteiger partial charge in [0, 0.05) is 13.6 Å². The molecule has 18 heavy (non-hydrogen) atoms. The van der Waals surface area contributed by atoms with Gasteiger partial charge in [-0.2, -0.15) is 0 Å². The number of amides is 2. The number of rotatable bonds is 3. The highest BCUT2D eigenvalue weighted by molar-refractivity contribution is 5.81. The largest absolute Gasteiger partial charge is 0.480 e. The second kappa shape index (κ2) is 6.20. The summed E-state index contributed by atoms with van der Waals surface area (Å²) in [7, 11) is 2.63. The number of nitrogens with zero attached hydrogens (tertiary/aromatic N) is 2. The summed E-state index contributed by atoms with van der Waals surface area (Å²) in [5.41, 5.74) is 0. The van der Waals surface area contributed by atoms with Gasteiger partial charge >= 0.3 is 18.0 Å². The first-order chi connectivity index (χ1) is 8.45. The van der Waals surface area contributed by atoms with E-state index in [0.717, 1.165) is 4.90 Å². The Hall–Kier alpha value is -1.83. The Labute approximate surface area is 104 Å². The fraction of sp³-hybridized carbons (Fsp3) is 0.700. The van der Waals surface area contributed by atoms with E-state index < -0.39 is 24.1 Å². The van der Waals surface area contributed by atoms with Crippen molar-refractivity contribution in [3.63, 3.8) is 0 Å². The molecule has 0 bridgehead atoms. The maximum Gasteiger partial charge on any atom is 0.336 e. The van der Waals surface area contributed by atoms with Gasteiger partial charge in [0.2, 0.25) is 0 Å². The van der Waals surface area contributed by atoms with Crippen LogP contribution in [-0.4, -0.2) is 79.4 Å². The molecule has 8 heteroatoms. The number of esters is 1. The van der Waals surface area contributed by atoms with Crippen molar-refractivity contribution in [2.24, 2.45) is 0 Å². The van der Waals surface area contributed by atoms with Crippen molar-refractivity contribution >= 4 is 18.0 Å². The minimum Gasteiger partial charge on any atom is -0.480 e. The van der Waals surface area contributed by atoms with Crippen molar-refractivity contribution in [2.45, 2.75) is 6.10 Å². The molecule has 0 aromatic heterocycles. The van der Waals surface area contributed by atoms with E-state index in [0.29, 0.717) is 6.54 Å². The lowest BCUT2D eigenvalue weighted by molar-refractivity contribution is -0.158. The molecule has 1 aliphatic rings. The van der Waals surface area contributed by atoms with Gasteiger partial charge in [0.15, 0.2) is 6.10 Å². The Balaban J connectivity index is 2.58. The van der Waals surface area contributed by atoms with Crippen LogP contribution in [0.25, 0.3) is 0 Å². The summed E-state index contributed by atoms with van der Waals surface area (Å²) < 4.78 is 9.70. The van der Waals surface area contributed by atoms with Crippen molar-refractivity contribution in [1.82, 2.24) is 9.80 Å². The Morgan fingerprint density at radius 2 is 2.17 bits per heavy atom. The molecule has 0 aliphatic carbocycles. The summed E-state index contributed by atoms with van der Waals surface area (Å²) in [6.45, 7) is 0.206. The summed E-state index contributed by atoms with van der Waals surface area (Å²) in [6.07, 6.45) is -0.814. The number of hydrogen-bond donors (Lipinski definition) is 1. The number of carboxylic acid groups (broad SMARTS) is 1. The van der Waals surface area contributed by atoms with Crippen molar-refractivity contribution in [2.75, 3.05) is 40.4 Å². The lowest BCUT2D eigenvalue weighted by Crippen LogP contribution is -2.52. The van der Waals surface area contributed by atoms with E-state index in [9.17, 15) is 14.4 Å². The number of morpholine rings is 1. The number of carbonyl (C=O) groups excluding carboxylic acids is 2. The van der Waals surface area contributed by atoms with Crippen LogP contribution in [0.4, 0.5) is 4.79 Å². The summed E-state index contributed by atoms with van der Waals surface area (Å²) in [5, 5.41) is 8.60. The number of methoxy groups -OCH3 is 1. The zero-order valence-electron chi connectivity index (χ0n) is 10.3. The number of ether oxygens (including phenoxy) is 2. The minimum absolute atomic E-state index is 0.0649. The molecule has 0 saturated carbocycles. The Morgan fingerprint density at radius 3 is 2.72 bits per heavy atom. The number of urea groups is 1. The Bertz CT molecular complexity index is 345. The molecule has 1 unspecified atom stereocenters. The first-order valence-corrected chi connectivity index (χ1v) is 5.37. The number of aliphatic carboxylic acids is 1. The SMILES string of the molecule is COC(=O)C1CN(C(=O)N(C)CC(=O)O)CCO1. The predicted molar refractivity (Wildman–Crippen MR) is 59.0 cm³/mol. The summed E-state index contributed by atoms with van der Waals surface area (Å²) in [5.74, 6) is -1.64. The van der Waals surface area contributed by atoms with E-state index in [1.807, 2.05) is 0 Å². The number of hydrogen-bond acceptors (Lipinski definition) is 5. The van der Waals surface area contributed by atoms with Crippen LogP contribution < -0.4 is 0 Å². The van der Waals surface area contributed by atoms with Crippen LogP contribution in [0.1, 0.15) is 0 Å². The van der Waals surface area contributed by atoms with Gasteiger partial charge in [0.25, 0.3) is 0 Å². The molecule has 2 amide bonds. The van der Waals surface area contributed by atoms with Crippen LogP contribution in [0, 0.1) is 0 Å². The van der Waals surface area contributed by atoms with Crippen LogP contribution in [-0.2, 0) is 19.1 Å². The van der Waals surface area contributed by atoms with Gasteiger partial charge in [-0.25, -0.2) is 9.59 Å². The van der Waals surface area contributed by atoms with Crippen LogP contribution in [0.5, 0.6) is 0 Å². The zero-order chi connectivity index (χ0) is 13.7. The molecular weight excluding hydrogens is 244 g/mol. The molecule has 0 aromatic rings. The molecule has 1 heterocycles. The quantitative estimate of drug-likeness (QED) is 0.653. The van der Waals surface area contributed by atoms with Crippen molar-refractivity contribution < 1.29 is 29.0 Å². The summed E-state index contributed by atoms with van der Waals surface area (Å²) in [4.78, 5) is 36.1. The monoisotopic (exact) mass is 260 g/mol. The maximum atomic E-state index is 11.9. The third-order valence-electron chi connectivity index (χ3n) is 2.50. The van der Waals surface area contributed by atoms with Crippen LogP contribution >= 0.6 is 0 Å². The van der Waals surface area contributed by atoms with E-state index in [1.54, 1.807) is 0 Å². The van der Waals surface area contributed by atoms with Gasteiger partial charge in [-0.15, -0.1) is 0 Å². The molecule has 1 fully saturated rings. The average Bonchev–Trinajstić information content (AvgIpc) is 2.36. The highest BCUT2D eigenvalue weighted by Crippen LogP contribution is 2.08. The van der Waals surface area contributed by atoms with E-state index in [4.69, 9.17) is 9.84 Å². The molecule has 1 atom stereocenters. The Kier molecular flexibility index (Phi) is 4.90. The Morgan fingerprint density at radius 1 is 1.50 bits per heavy atom. The van der Waals surface area contributed by atoms with Gasteiger partial charge in [-0.05, 0) is 0 Å². The van der Waals surface area contributed by atoms with Crippen LogP contribution in [0.3, 0.4) is 0 Å². The lowest BCUT2D eigenvalue weighted by Gasteiger charge is -2.33. The maximum absolute atomic E-state index is 11.9. The van der Waals surface area contributed by atoms with E-state index in [2.05, 4.69) is 4.74 Å². The van der Waals surface area contributed by atoms with E-state index >= 15 is 0 Å². The van der Waals surface area contributed by atoms with E-state index in [1.165, 1.54) is 19.1 Å².